The number of cyclic esters (lactones) is 1. The highest BCUT2D eigenvalue weighted by molar-refractivity contribution is 6.00. The first-order valence-electron chi connectivity index (χ1n) is 10.5. The van der Waals surface area contributed by atoms with Gasteiger partial charge in [0, 0.05) is 11.8 Å². The van der Waals surface area contributed by atoms with Crippen LogP contribution in [-0.2, 0) is 4.74 Å². The number of fused-ring (bicyclic) bond motifs is 1. The molecule has 1 aliphatic heterocycles. The van der Waals surface area contributed by atoms with Crippen LogP contribution in [0.15, 0.2) is 42.6 Å². The van der Waals surface area contributed by atoms with Crippen LogP contribution in [0.2, 0.25) is 0 Å². The molecule has 8 nitrogen and oxygen atoms in total. The lowest BCUT2D eigenvalue weighted by molar-refractivity contribution is -0.158. The van der Waals surface area contributed by atoms with E-state index in [1.165, 1.54) is 15.6 Å². The molecule has 3 aromatic rings. The van der Waals surface area contributed by atoms with Gasteiger partial charge in [0.2, 0.25) is 0 Å². The number of carbonyl (C=O) groups is 2. The van der Waals surface area contributed by atoms with Crippen molar-refractivity contribution in [3.8, 4) is 0 Å². The van der Waals surface area contributed by atoms with E-state index in [1.807, 2.05) is 30.3 Å². The number of rotatable bonds is 5. The number of hydrogen-bond donors (Lipinski definition) is 1. The second-order valence-corrected chi connectivity index (χ2v) is 8.27. The molecule has 0 spiro atoms. The Bertz CT molecular complexity index is 1220. The quantitative estimate of drug-likeness (QED) is 0.627. The van der Waals surface area contributed by atoms with E-state index in [4.69, 9.17) is 4.74 Å². The van der Waals surface area contributed by atoms with Crippen molar-refractivity contribution in [2.24, 2.45) is 5.92 Å². The summed E-state index contributed by atoms with van der Waals surface area (Å²) in [5, 5.41) is 6.19. The van der Waals surface area contributed by atoms with Gasteiger partial charge in [0.25, 0.3) is 5.91 Å². The standard InChI is InChI=1S/C22H20F3N5O3/c1-12-9-17(29-11-16(33-21(29)32)13-5-3-2-4-6-13)27-19-15(10-26-30(12)19)20(31)28-18(14-7-8-14)22(23,24)25/h2-6,9-10,14,16,18H,7-8,11H2,1H3,(H,28,31). The van der Waals surface area contributed by atoms with Gasteiger partial charge in [-0.3, -0.25) is 9.69 Å². The number of nitrogens with zero attached hydrogens (tertiary/aromatic N) is 4. The molecule has 2 unspecified atom stereocenters. The fourth-order valence-corrected chi connectivity index (χ4v) is 4.00. The highest BCUT2D eigenvalue weighted by Crippen LogP contribution is 2.40. The monoisotopic (exact) mass is 459 g/mol. The lowest BCUT2D eigenvalue weighted by Gasteiger charge is -2.21. The van der Waals surface area contributed by atoms with Crippen molar-refractivity contribution in [3.05, 3.63) is 59.4 Å². The summed E-state index contributed by atoms with van der Waals surface area (Å²) in [6, 6.07) is 8.93. The second kappa shape index (κ2) is 7.75. The van der Waals surface area contributed by atoms with E-state index in [0.29, 0.717) is 18.5 Å². The Kier molecular flexibility index (Phi) is 4.98. The summed E-state index contributed by atoms with van der Waals surface area (Å²) in [4.78, 5) is 31.0. The van der Waals surface area contributed by atoms with E-state index in [-0.39, 0.29) is 23.6 Å². The zero-order chi connectivity index (χ0) is 23.3. The minimum atomic E-state index is -4.54. The highest BCUT2D eigenvalue weighted by Gasteiger charge is 2.50. The van der Waals surface area contributed by atoms with Gasteiger partial charge in [-0.1, -0.05) is 30.3 Å². The Hall–Kier alpha value is -3.63. The third-order valence-corrected chi connectivity index (χ3v) is 5.87. The number of benzene rings is 1. The van der Waals surface area contributed by atoms with Crippen LogP contribution in [0.3, 0.4) is 0 Å². The average molecular weight is 459 g/mol. The number of halogens is 3. The number of aryl methyl sites for hydroxylation is 1. The summed E-state index contributed by atoms with van der Waals surface area (Å²) in [5.41, 5.74) is 1.35. The Morgan fingerprint density at radius 1 is 1.24 bits per heavy atom. The van der Waals surface area contributed by atoms with E-state index in [1.54, 1.807) is 13.0 Å². The molecule has 2 aromatic heterocycles. The van der Waals surface area contributed by atoms with Crippen molar-refractivity contribution in [3.63, 3.8) is 0 Å². The van der Waals surface area contributed by atoms with Crippen molar-refractivity contribution in [2.45, 2.75) is 38.1 Å². The molecule has 11 heteroatoms. The molecule has 2 aliphatic rings. The number of anilines is 1. The number of nitrogens with one attached hydrogen (secondary N) is 1. The predicted molar refractivity (Wildman–Crippen MR) is 111 cm³/mol. The Balaban J connectivity index is 1.44. The maximum Gasteiger partial charge on any atom is 0.416 e. The molecule has 1 N–H and O–H groups in total. The summed E-state index contributed by atoms with van der Waals surface area (Å²) < 4.78 is 46.9. The maximum absolute atomic E-state index is 13.4. The van der Waals surface area contributed by atoms with Crippen molar-refractivity contribution in [1.82, 2.24) is 19.9 Å². The first-order chi connectivity index (χ1) is 15.7. The van der Waals surface area contributed by atoms with Gasteiger partial charge >= 0.3 is 12.3 Å². The lowest BCUT2D eigenvalue weighted by Crippen LogP contribution is -2.46. The fraction of sp³-hybridized carbons (Fsp3) is 0.364. The molecular formula is C22H20F3N5O3. The first-order valence-corrected chi connectivity index (χ1v) is 10.5. The van der Waals surface area contributed by atoms with Crippen LogP contribution < -0.4 is 10.2 Å². The van der Waals surface area contributed by atoms with Crippen LogP contribution in [0, 0.1) is 12.8 Å². The van der Waals surface area contributed by atoms with Gasteiger partial charge in [0.15, 0.2) is 5.65 Å². The van der Waals surface area contributed by atoms with Gasteiger partial charge in [-0.15, -0.1) is 0 Å². The largest absolute Gasteiger partial charge is 0.439 e. The molecule has 2 amide bonds. The van der Waals surface area contributed by atoms with Crippen LogP contribution in [-0.4, -0.2) is 45.4 Å². The zero-order valence-corrected chi connectivity index (χ0v) is 17.5. The van der Waals surface area contributed by atoms with Crippen LogP contribution in [0.4, 0.5) is 23.8 Å². The molecule has 33 heavy (non-hydrogen) atoms. The highest BCUT2D eigenvalue weighted by atomic mass is 19.4. The summed E-state index contributed by atoms with van der Waals surface area (Å²) in [6.45, 7) is 1.91. The third-order valence-electron chi connectivity index (χ3n) is 5.87. The molecule has 1 saturated carbocycles. The van der Waals surface area contributed by atoms with Crippen molar-refractivity contribution in [2.75, 3.05) is 11.4 Å². The molecule has 0 bridgehead atoms. The van der Waals surface area contributed by atoms with Gasteiger partial charge in [-0.25, -0.2) is 14.3 Å². The SMILES string of the molecule is Cc1cc(N2CC(c3ccccc3)OC2=O)nc2c(C(=O)NC(C3CC3)C(F)(F)F)cnn12. The number of ether oxygens (including phenoxy) is 1. The molecule has 1 aromatic carbocycles. The van der Waals surface area contributed by atoms with Crippen LogP contribution in [0.5, 0.6) is 0 Å². The minimum Gasteiger partial charge on any atom is -0.439 e. The fourth-order valence-electron chi connectivity index (χ4n) is 4.00. The first kappa shape index (κ1) is 21.2. The number of amides is 2. The van der Waals surface area contributed by atoms with Gasteiger partial charge in [0.1, 0.15) is 23.5 Å². The molecule has 2 atom stereocenters. The van der Waals surface area contributed by atoms with Crippen LogP contribution in [0.25, 0.3) is 5.65 Å². The molecule has 5 rings (SSSR count). The summed E-state index contributed by atoms with van der Waals surface area (Å²) in [7, 11) is 0. The van der Waals surface area contributed by atoms with E-state index in [2.05, 4.69) is 15.4 Å². The smallest absolute Gasteiger partial charge is 0.416 e. The van der Waals surface area contributed by atoms with Gasteiger partial charge in [-0.05, 0) is 31.2 Å². The molecule has 2 fully saturated rings. The summed E-state index contributed by atoms with van der Waals surface area (Å²) >= 11 is 0. The minimum absolute atomic E-state index is 0.0650. The van der Waals surface area contributed by atoms with Crippen molar-refractivity contribution >= 4 is 23.5 Å². The van der Waals surface area contributed by atoms with Crippen LogP contribution >= 0.6 is 0 Å². The molecule has 172 valence electrons. The number of aromatic nitrogens is 3. The lowest BCUT2D eigenvalue weighted by atomic mass is 10.1. The Morgan fingerprint density at radius 3 is 2.64 bits per heavy atom. The molecule has 0 radical (unpaired) electrons. The van der Waals surface area contributed by atoms with E-state index in [0.717, 1.165) is 5.56 Å². The molecular weight excluding hydrogens is 439 g/mol. The molecule has 1 saturated heterocycles. The predicted octanol–water partition coefficient (Wildman–Crippen LogP) is 3.81. The molecule has 3 heterocycles. The third kappa shape index (κ3) is 3.98. The van der Waals surface area contributed by atoms with E-state index >= 15 is 0 Å². The summed E-state index contributed by atoms with van der Waals surface area (Å²) in [6.07, 6.45) is -3.61. The maximum atomic E-state index is 13.4. The topological polar surface area (TPSA) is 88.8 Å². The average Bonchev–Trinajstić information content (AvgIpc) is 3.39. The van der Waals surface area contributed by atoms with Crippen LogP contribution in [0.1, 0.15) is 40.6 Å². The van der Waals surface area contributed by atoms with Gasteiger partial charge < -0.3 is 10.1 Å². The second-order valence-electron chi connectivity index (χ2n) is 8.27. The van der Waals surface area contributed by atoms with Crippen molar-refractivity contribution in [1.29, 1.82) is 0 Å². The summed E-state index contributed by atoms with van der Waals surface area (Å²) in [5.74, 6) is -1.29. The number of hydrogen-bond acceptors (Lipinski definition) is 5. The Morgan fingerprint density at radius 2 is 1.97 bits per heavy atom. The van der Waals surface area contributed by atoms with E-state index < -0.39 is 36.2 Å². The normalized spacial score (nSPS) is 19.6. The van der Waals surface area contributed by atoms with Crippen molar-refractivity contribution < 1.29 is 27.5 Å². The van der Waals surface area contributed by atoms with E-state index in [9.17, 15) is 22.8 Å². The van der Waals surface area contributed by atoms with Gasteiger partial charge in [0.05, 0.1) is 12.7 Å². The molecule has 1 aliphatic carbocycles. The van der Waals surface area contributed by atoms with Gasteiger partial charge in [-0.2, -0.15) is 18.3 Å². The zero-order valence-electron chi connectivity index (χ0n) is 17.5. The number of alkyl halides is 3. The number of carbonyl (C=O) groups excluding carboxylic acids is 2. The Labute approximate surface area is 186 Å².